The Labute approximate surface area is 215 Å². The lowest BCUT2D eigenvalue weighted by molar-refractivity contribution is -0.916. The first-order valence-corrected chi connectivity index (χ1v) is 12.3. The second-order valence-corrected chi connectivity index (χ2v) is 10.9. The number of nitrogens with zero attached hydrogens (tertiary/aromatic N) is 1. The van der Waals surface area contributed by atoms with E-state index in [0.717, 1.165) is 42.3 Å². The maximum atomic E-state index is 13.3. The summed E-state index contributed by atoms with van der Waals surface area (Å²) in [5.41, 5.74) is 2.05. The highest BCUT2D eigenvalue weighted by Gasteiger charge is 2.61. The van der Waals surface area contributed by atoms with E-state index in [-0.39, 0.29) is 35.8 Å². The lowest BCUT2D eigenvalue weighted by Gasteiger charge is -2.34. The SMILES string of the molecule is Cc1ccc(C[N+]2(C)CC3C(CNC(=O)C(O)(c4ccccc4)C4CCCC4)C3C2)cc1.[I-]. The van der Waals surface area contributed by atoms with Gasteiger partial charge >= 0.3 is 0 Å². The Balaban J connectivity index is 0.00000259. The molecule has 3 unspecified atom stereocenters. The fraction of sp³-hybridized carbons (Fsp3) is 0.536. The van der Waals surface area contributed by atoms with Crippen molar-refractivity contribution in [1.29, 1.82) is 0 Å². The van der Waals surface area contributed by atoms with Gasteiger partial charge in [-0.3, -0.25) is 4.79 Å². The molecule has 5 rings (SSSR count). The number of aliphatic hydroxyl groups is 1. The standard InChI is InChI=1S/C28H36N2O2.HI/c1-20-12-14-21(15-13-20)17-30(2)18-25-24(26(25)19-30)16-29-27(31)28(32,23-10-6-7-11-23)22-8-4-3-5-9-22;/h3-5,8-9,12-15,23-26,32H,6-7,10-11,16-19H2,1-2H3;1H. The Bertz CT molecular complexity index is 946. The molecule has 5 heteroatoms. The number of piperidine rings is 1. The average Bonchev–Trinajstić information content (AvgIpc) is 3.18. The molecule has 0 radical (unpaired) electrons. The minimum absolute atomic E-state index is 0. The summed E-state index contributed by atoms with van der Waals surface area (Å²) in [5, 5.41) is 14.8. The summed E-state index contributed by atoms with van der Waals surface area (Å²) in [5.74, 6) is 1.77. The van der Waals surface area contributed by atoms with Crippen molar-refractivity contribution in [2.45, 2.75) is 44.8 Å². The number of carbonyl (C=O) groups excluding carboxylic acids is 1. The molecule has 2 saturated carbocycles. The number of benzene rings is 2. The van der Waals surface area contributed by atoms with Gasteiger partial charge in [-0.2, -0.15) is 0 Å². The van der Waals surface area contributed by atoms with E-state index in [4.69, 9.17) is 0 Å². The molecule has 1 aliphatic heterocycles. The topological polar surface area (TPSA) is 49.3 Å². The van der Waals surface area contributed by atoms with Crippen LogP contribution in [-0.2, 0) is 16.9 Å². The number of hydrogen-bond acceptors (Lipinski definition) is 2. The quantitative estimate of drug-likeness (QED) is 0.393. The second kappa shape index (κ2) is 9.67. The summed E-state index contributed by atoms with van der Waals surface area (Å²) in [7, 11) is 2.37. The summed E-state index contributed by atoms with van der Waals surface area (Å²) in [4.78, 5) is 13.3. The van der Waals surface area contributed by atoms with E-state index in [2.05, 4.69) is 43.6 Å². The Morgan fingerprint density at radius 2 is 1.64 bits per heavy atom. The second-order valence-electron chi connectivity index (χ2n) is 10.9. The third-order valence-corrected chi connectivity index (χ3v) is 8.50. The van der Waals surface area contributed by atoms with Crippen LogP contribution in [0.5, 0.6) is 0 Å². The molecular weight excluding hydrogens is 523 g/mol. The van der Waals surface area contributed by atoms with E-state index in [1.165, 1.54) is 24.2 Å². The van der Waals surface area contributed by atoms with Crippen molar-refractivity contribution in [1.82, 2.24) is 5.32 Å². The highest BCUT2D eigenvalue weighted by atomic mass is 127. The molecule has 3 aliphatic rings. The molecule has 0 spiro atoms. The van der Waals surface area contributed by atoms with E-state index in [1.807, 2.05) is 30.3 Å². The van der Waals surface area contributed by atoms with Crippen LogP contribution in [-0.4, -0.2) is 42.2 Å². The smallest absolute Gasteiger partial charge is 0.256 e. The van der Waals surface area contributed by atoms with Crippen molar-refractivity contribution in [3.8, 4) is 0 Å². The predicted molar refractivity (Wildman–Crippen MR) is 127 cm³/mol. The number of amides is 1. The zero-order valence-electron chi connectivity index (χ0n) is 19.8. The van der Waals surface area contributed by atoms with E-state index in [1.54, 1.807) is 0 Å². The van der Waals surface area contributed by atoms with Gasteiger partial charge in [0, 0.05) is 29.9 Å². The van der Waals surface area contributed by atoms with Gasteiger partial charge in [0.25, 0.3) is 5.91 Å². The fourth-order valence-corrected chi connectivity index (χ4v) is 6.66. The molecule has 3 fully saturated rings. The van der Waals surface area contributed by atoms with Crippen LogP contribution in [0.4, 0.5) is 0 Å². The lowest BCUT2D eigenvalue weighted by Crippen LogP contribution is -3.00. The molecule has 2 N–H and O–H groups in total. The Kier molecular flexibility index (Phi) is 7.23. The summed E-state index contributed by atoms with van der Waals surface area (Å²) in [6.07, 6.45) is 4.03. The van der Waals surface area contributed by atoms with Gasteiger partial charge in [-0.25, -0.2) is 0 Å². The van der Waals surface area contributed by atoms with Gasteiger partial charge in [-0.05, 0) is 31.2 Å². The van der Waals surface area contributed by atoms with Crippen LogP contribution in [0.15, 0.2) is 54.6 Å². The van der Waals surface area contributed by atoms with Crippen molar-refractivity contribution in [3.05, 3.63) is 71.3 Å². The molecule has 4 nitrogen and oxygen atoms in total. The normalized spacial score (nSPS) is 30.2. The maximum absolute atomic E-state index is 13.3. The molecule has 33 heavy (non-hydrogen) atoms. The van der Waals surface area contributed by atoms with E-state index in [9.17, 15) is 9.90 Å². The zero-order valence-corrected chi connectivity index (χ0v) is 22.0. The monoisotopic (exact) mass is 560 g/mol. The highest BCUT2D eigenvalue weighted by Crippen LogP contribution is 2.54. The van der Waals surface area contributed by atoms with Crippen molar-refractivity contribution < 1.29 is 38.4 Å². The maximum Gasteiger partial charge on any atom is 0.256 e. The Hall–Kier alpha value is -1.44. The average molecular weight is 561 g/mol. The summed E-state index contributed by atoms with van der Waals surface area (Å²) in [6.45, 7) is 6.28. The molecule has 1 saturated heterocycles. The zero-order chi connectivity index (χ0) is 22.3. The van der Waals surface area contributed by atoms with E-state index >= 15 is 0 Å². The lowest BCUT2D eigenvalue weighted by atomic mass is 9.79. The highest BCUT2D eigenvalue weighted by molar-refractivity contribution is 5.86. The van der Waals surface area contributed by atoms with Crippen LogP contribution in [0.2, 0.25) is 0 Å². The van der Waals surface area contributed by atoms with Crippen LogP contribution in [0.1, 0.15) is 42.4 Å². The number of quaternary nitrogens is 1. The van der Waals surface area contributed by atoms with Gasteiger partial charge < -0.3 is 38.9 Å². The minimum Gasteiger partial charge on any atom is -1.00 e. The van der Waals surface area contributed by atoms with Gasteiger partial charge in [0.1, 0.15) is 6.54 Å². The molecule has 178 valence electrons. The first-order valence-electron chi connectivity index (χ1n) is 12.3. The first kappa shape index (κ1) is 24.7. The number of carbonyl (C=O) groups is 1. The molecule has 3 atom stereocenters. The summed E-state index contributed by atoms with van der Waals surface area (Å²) >= 11 is 0. The molecule has 2 aromatic carbocycles. The number of nitrogens with one attached hydrogen (secondary N) is 1. The minimum atomic E-state index is -1.40. The third-order valence-electron chi connectivity index (χ3n) is 8.50. The number of rotatable bonds is 7. The molecule has 2 aromatic rings. The van der Waals surface area contributed by atoms with Crippen LogP contribution in [0.25, 0.3) is 0 Å². The molecule has 0 aromatic heterocycles. The van der Waals surface area contributed by atoms with Crippen LogP contribution < -0.4 is 29.3 Å². The number of aryl methyl sites for hydroxylation is 1. The van der Waals surface area contributed by atoms with Crippen molar-refractivity contribution in [2.75, 3.05) is 26.7 Å². The van der Waals surface area contributed by atoms with E-state index in [0.29, 0.717) is 24.3 Å². The number of hydrogen-bond donors (Lipinski definition) is 2. The fourth-order valence-electron chi connectivity index (χ4n) is 6.66. The molecule has 2 aliphatic carbocycles. The Morgan fingerprint density at radius 1 is 1.03 bits per heavy atom. The predicted octanol–water partition coefficient (Wildman–Crippen LogP) is 1.02. The van der Waals surface area contributed by atoms with Crippen molar-refractivity contribution in [3.63, 3.8) is 0 Å². The molecular formula is C28H37IN2O2. The summed E-state index contributed by atoms with van der Waals surface area (Å²) < 4.78 is 1.10. The third kappa shape index (κ3) is 4.87. The Morgan fingerprint density at radius 3 is 2.24 bits per heavy atom. The number of fused-ring (bicyclic) bond motifs is 1. The molecule has 1 heterocycles. The van der Waals surface area contributed by atoms with Gasteiger partial charge in [-0.15, -0.1) is 0 Å². The number of likely N-dealkylation sites (tertiary alicyclic amines) is 1. The summed E-state index contributed by atoms with van der Waals surface area (Å²) in [6, 6.07) is 18.5. The molecule has 1 amide bonds. The van der Waals surface area contributed by atoms with Crippen LogP contribution in [0.3, 0.4) is 0 Å². The molecule has 0 bridgehead atoms. The first-order chi connectivity index (χ1) is 15.4. The number of halogens is 1. The van der Waals surface area contributed by atoms with Crippen LogP contribution in [0, 0.1) is 30.6 Å². The van der Waals surface area contributed by atoms with E-state index < -0.39 is 5.60 Å². The largest absolute Gasteiger partial charge is 1.00 e. The van der Waals surface area contributed by atoms with Gasteiger partial charge in [0.2, 0.25) is 0 Å². The van der Waals surface area contributed by atoms with Gasteiger partial charge in [0.05, 0.1) is 20.1 Å². The van der Waals surface area contributed by atoms with Crippen LogP contribution >= 0.6 is 0 Å². The van der Waals surface area contributed by atoms with Gasteiger partial charge in [0.15, 0.2) is 5.60 Å². The van der Waals surface area contributed by atoms with Crippen molar-refractivity contribution in [2.24, 2.45) is 23.7 Å². The van der Waals surface area contributed by atoms with Gasteiger partial charge in [-0.1, -0.05) is 73.0 Å². The van der Waals surface area contributed by atoms with Crippen molar-refractivity contribution >= 4 is 5.91 Å².